The van der Waals surface area contributed by atoms with Gasteiger partial charge in [0.25, 0.3) is 11.6 Å². The Morgan fingerprint density at radius 2 is 1.68 bits per heavy atom. The van der Waals surface area contributed by atoms with Crippen LogP contribution in [0, 0.1) is 10.1 Å². The molecule has 1 N–H and O–H groups in total. The topological polar surface area (TPSA) is 111 Å². The third-order valence-corrected chi connectivity index (χ3v) is 4.83. The van der Waals surface area contributed by atoms with E-state index in [2.05, 4.69) is 26.5 Å². The molecular weight excluding hydrogens is 490 g/mol. The van der Waals surface area contributed by atoms with Gasteiger partial charge in [0.05, 0.1) is 21.2 Å². The number of nitro groups is 1. The molecule has 3 aromatic rings. The van der Waals surface area contributed by atoms with Crippen molar-refractivity contribution in [3.8, 4) is 5.75 Å². The second-order valence-corrected chi connectivity index (χ2v) is 7.38. The number of nitrogens with one attached hydrogen (secondary N) is 1. The van der Waals surface area contributed by atoms with Crippen LogP contribution in [0.15, 0.2) is 76.3 Å². The van der Waals surface area contributed by atoms with Crippen LogP contribution < -0.4 is 10.2 Å². The monoisotopic (exact) mass is 501 g/mol. The minimum atomic E-state index is -0.660. The minimum Gasteiger partial charge on any atom is -0.422 e. The molecule has 0 fully saturated rings. The number of esters is 1. The molecule has 8 nitrogen and oxygen atoms in total. The van der Waals surface area contributed by atoms with Gasteiger partial charge in [-0.05, 0) is 76.1 Å². The van der Waals surface area contributed by atoms with Crippen LogP contribution in [0.4, 0.5) is 5.69 Å². The minimum absolute atomic E-state index is 0.121. The van der Waals surface area contributed by atoms with Gasteiger partial charge in [-0.1, -0.05) is 11.6 Å². The van der Waals surface area contributed by atoms with Crippen molar-refractivity contribution in [1.29, 1.82) is 0 Å². The van der Waals surface area contributed by atoms with Crippen LogP contribution in [0.2, 0.25) is 5.02 Å². The number of benzene rings is 3. The maximum atomic E-state index is 12.2. The van der Waals surface area contributed by atoms with Gasteiger partial charge in [0.1, 0.15) is 5.75 Å². The number of carbonyl (C=O) groups is 2. The summed E-state index contributed by atoms with van der Waals surface area (Å²) in [6, 6.07) is 16.3. The van der Waals surface area contributed by atoms with Crippen molar-refractivity contribution in [2.24, 2.45) is 5.10 Å². The Balaban J connectivity index is 1.62. The first-order valence-corrected chi connectivity index (χ1v) is 9.86. The first-order valence-electron chi connectivity index (χ1n) is 8.68. The number of nitrogens with zero attached hydrogens (tertiary/aromatic N) is 2. The summed E-state index contributed by atoms with van der Waals surface area (Å²) < 4.78 is 5.80. The SMILES string of the molecule is O=C(NN=Cc1ccc(OC(=O)c2ccc([N+](=O)[O-])cc2)c(Br)c1)c1ccc(Cl)cc1. The first kappa shape index (κ1) is 22.1. The number of hydrazone groups is 1. The lowest BCUT2D eigenvalue weighted by Crippen LogP contribution is -2.17. The van der Waals surface area contributed by atoms with E-state index in [0.29, 0.717) is 20.6 Å². The second-order valence-electron chi connectivity index (χ2n) is 6.09. The number of nitro benzene ring substituents is 1. The molecule has 0 spiro atoms. The predicted octanol–water partition coefficient (Wildman–Crippen LogP) is 4.99. The molecular formula is C21H13BrClN3O5. The van der Waals surface area contributed by atoms with Gasteiger partial charge in [0.2, 0.25) is 0 Å². The van der Waals surface area contributed by atoms with Crippen molar-refractivity contribution in [3.05, 3.63) is 103 Å². The molecule has 156 valence electrons. The van der Waals surface area contributed by atoms with Crippen molar-refractivity contribution in [3.63, 3.8) is 0 Å². The van der Waals surface area contributed by atoms with E-state index in [1.54, 1.807) is 42.5 Å². The maximum Gasteiger partial charge on any atom is 0.343 e. The zero-order valence-electron chi connectivity index (χ0n) is 15.6. The normalized spacial score (nSPS) is 10.6. The molecule has 0 unspecified atom stereocenters. The Morgan fingerprint density at radius 3 is 2.29 bits per heavy atom. The molecule has 0 saturated heterocycles. The van der Waals surface area contributed by atoms with Gasteiger partial charge in [-0.15, -0.1) is 0 Å². The van der Waals surface area contributed by atoms with E-state index < -0.39 is 10.9 Å². The molecule has 0 aliphatic heterocycles. The highest BCUT2D eigenvalue weighted by atomic mass is 79.9. The number of hydrogen-bond acceptors (Lipinski definition) is 6. The van der Waals surface area contributed by atoms with Crippen molar-refractivity contribution >= 4 is 51.3 Å². The van der Waals surface area contributed by atoms with Crippen LogP contribution in [-0.4, -0.2) is 23.0 Å². The third kappa shape index (κ3) is 5.97. The zero-order chi connectivity index (χ0) is 22.4. The van der Waals surface area contributed by atoms with Gasteiger partial charge in [0, 0.05) is 22.7 Å². The Labute approximate surface area is 189 Å². The van der Waals surface area contributed by atoms with E-state index >= 15 is 0 Å². The van der Waals surface area contributed by atoms with E-state index in [4.69, 9.17) is 16.3 Å². The van der Waals surface area contributed by atoms with E-state index in [1.807, 2.05) is 0 Å². The van der Waals surface area contributed by atoms with Gasteiger partial charge in [-0.3, -0.25) is 14.9 Å². The standard InChI is InChI=1S/C21H13BrClN3O5/c22-18-11-13(12-24-25-20(27)14-2-6-16(23)7-3-14)1-10-19(18)31-21(28)15-4-8-17(9-5-15)26(29)30/h1-12H,(H,25,27). The predicted molar refractivity (Wildman–Crippen MR) is 119 cm³/mol. The maximum absolute atomic E-state index is 12.2. The number of carbonyl (C=O) groups excluding carboxylic acids is 2. The summed E-state index contributed by atoms with van der Waals surface area (Å²) in [5.41, 5.74) is 3.51. The molecule has 1 amide bonds. The third-order valence-electron chi connectivity index (χ3n) is 3.96. The highest BCUT2D eigenvalue weighted by Gasteiger charge is 2.13. The molecule has 3 rings (SSSR count). The highest BCUT2D eigenvalue weighted by Crippen LogP contribution is 2.26. The summed E-state index contributed by atoms with van der Waals surface area (Å²) in [7, 11) is 0. The lowest BCUT2D eigenvalue weighted by molar-refractivity contribution is -0.384. The molecule has 0 bridgehead atoms. The molecule has 0 radical (unpaired) electrons. The molecule has 0 saturated carbocycles. The second kappa shape index (κ2) is 9.96. The number of ether oxygens (including phenoxy) is 1. The van der Waals surface area contributed by atoms with Crippen LogP contribution in [0.25, 0.3) is 0 Å². The van der Waals surface area contributed by atoms with Crippen molar-refractivity contribution < 1.29 is 19.2 Å². The fraction of sp³-hybridized carbons (Fsp3) is 0. The van der Waals surface area contributed by atoms with Crippen LogP contribution in [0.1, 0.15) is 26.3 Å². The number of amides is 1. The molecule has 0 atom stereocenters. The first-order chi connectivity index (χ1) is 14.8. The zero-order valence-corrected chi connectivity index (χ0v) is 18.0. The summed E-state index contributed by atoms with van der Waals surface area (Å²) in [6.45, 7) is 0. The Morgan fingerprint density at radius 1 is 1.03 bits per heavy atom. The average molecular weight is 503 g/mol. The van der Waals surface area contributed by atoms with Gasteiger partial charge < -0.3 is 4.74 Å². The van der Waals surface area contributed by atoms with Crippen LogP contribution >= 0.6 is 27.5 Å². The lowest BCUT2D eigenvalue weighted by atomic mass is 10.2. The molecule has 3 aromatic carbocycles. The van der Waals surface area contributed by atoms with Gasteiger partial charge >= 0.3 is 5.97 Å². The van der Waals surface area contributed by atoms with Gasteiger partial charge in [-0.25, -0.2) is 10.2 Å². The van der Waals surface area contributed by atoms with Crippen molar-refractivity contribution in [1.82, 2.24) is 5.43 Å². The van der Waals surface area contributed by atoms with E-state index in [-0.39, 0.29) is 22.9 Å². The van der Waals surface area contributed by atoms with Gasteiger partial charge in [-0.2, -0.15) is 5.10 Å². The van der Waals surface area contributed by atoms with Crippen LogP contribution in [-0.2, 0) is 0 Å². The Kier molecular flexibility index (Phi) is 7.11. The quantitative estimate of drug-likeness (QED) is 0.168. The Hall–Kier alpha value is -3.56. The number of non-ortho nitro benzene ring substituents is 1. The van der Waals surface area contributed by atoms with Crippen molar-refractivity contribution in [2.75, 3.05) is 0 Å². The van der Waals surface area contributed by atoms with E-state index in [0.717, 1.165) is 0 Å². The molecule has 0 aromatic heterocycles. The molecule has 0 aliphatic rings. The number of halogens is 2. The molecule has 31 heavy (non-hydrogen) atoms. The van der Waals surface area contributed by atoms with E-state index in [1.165, 1.54) is 30.5 Å². The van der Waals surface area contributed by atoms with Crippen LogP contribution in [0.3, 0.4) is 0 Å². The summed E-state index contributed by atoms with van der Waals surface area (Å²) in [4.78, 5) is 34.4. The molecule has 10 heteroatoms. The number of rotatable bonds is 6. The summed E-state index contributed by atoms with van der Waals surface area (Å²) >= 11 is 9.11. The average Bonchev–Trinajstić information content (AvgIpc) is 2.76. The van der Waals surface area contributed by atoms with Crippen LogP contribution in [0.5, 0.6) is 5.75 Å². The summed E-state index contributed by atoms with van der Waals surface area (Å²) in [6.07, 6.45) is 1.43. The fourth-order valence-corrected chi connectivity index (χ4v) is 2.99. The summed E-state index contributed by atoms with van der Waals surface area (Å²) in [5.74, 6) is -0.793. The smallest absolute Gasteiger partial charge is 0.343 e. The Bertz CT molecular complexity index is 1160. The largest absolute Gasteiger partial charge is 0.422 e. The summed E-state index contributed by atoms with van der Waals surface area (Å²) in [5, 5.41) is 15.1. The van der Waals surface area contributed by atoms with Gasteiger partial charge in [0.15, 0.2) is 0 Å². The highest BCUT2D eigenvalue weighted by molar-refractivity contribution is 9.10. The lowest BCUT2D eigenvalue weighted by Gasteiger charge is -2.07. The molecule has 0 aliphatic carbocycles. The molecule has 0 heterocycles. The number of hydrogen-bond donors (Lipinski definition) is 1. The fourth-order valence-electron chi connectivity index (χ4n) is 2.39. The van der Waals surface area contributed by atoms with Crippen molar-refractivity contribution in [2.45, 2.75) is 0 Å². The van der Waals surface area contributed by atoms with E-state index in [9.17, 15) is 19.7 Å².